The number of nitrogens with zero attached hydrogens (tertiary/aromatic N) is 7. The lowest BCUT2D eigenvalue weighted by molar-refractivity contribution is 0.411. The highest BCUT2D eigenvalue weighted by Crippen LogP contribution is 2.26. The van der Waals surface area contributed by atoms with Crippen LogP contribution in [0.4, 0.5) is 0 Å². The average Bonchev–Trinajstić information content (AvgIpc) is 3.41. The van der Waals surface area contributed by atoms with Crippen LogP contribution in [0, 0.1) is 25.2 Å². The molecular weight excluding hydrogens is 462 g/mol. The molecule has 4 aromatic rings. The Morgan fingerprint density at radius 2 is 1.35 bits per heavy atom. The molecule has 31 heavy (non-hydrogen) atoms. The van der Waals surface area contributed by atoms with Crippen molar-refractivity contribution >= 4 is 15.9 Å². The Hall–Kier alpha value is -3.71. The van der Waals surface area contributed by atoms with Crippen LogP contribution in [0.15, 0.2) is 53.5 Å². The SMILES string of the molecule is COc1cc(Br)ccc1-n1cnc(C)n1.COc1cc(C#N)ccc1-n1cnc(C)n1. The van der Waals surface area contributed by atoms with E-state index in [4.69, 9.17) is 14.7 Å². The van der Waals surface area contributed by atoms with E-state index in [0.717, 1.165) is 27.4 Å². The van der Waals surface area contributed by atoms with Gasteiger partial charge in [-0.1, -0.05) is 15.9 Å². The second-order valence-electron chi connectivity index (χ2n) is 6.29. The first kappa shape index (κ1) is 22.0. The summed E-state index contributed by atoms with van der Waals surface area (Å²) >= 11 is 3.39. The number of aryl methyl sites for hydroxylation is 2. The summed E-state index contributed by atoms with van der Waals surface area (Å²) in [6, 6.07) is 13.0. The highest BCUT2D eigenvalue weighted by atomic mass is 79.9. The van der Waals surface area contributed by atoms with Crippen molar-refractivity contribution in [3.8, 4) is 28.9 Å². The number of benzene rings is 2. The number of rotatable bonds is 4. The van der Waals surface area contributed by atoms with E-state index in [1.807, 2.05) is 32.0 Å². The molecule has 0 radical (unpaired) electrons. The van der Waals surface area contributed by atoms with Crippen LogP contribution in [0.1, 0.15) is 17.2 Å². The molecule has 0 aliphatic rings. The molecule has 0 amide bonds. The highest BCUT2D eigenvalue weighted by Gasteiger charge is 2.08. The van der Waals surface area contributed by atoms with E-state index >= 15 is 0 Å². The van der Waals surface area contributed by atoms with E-state index in [9.17, 15) is 0 Å². The molecule has 2 aromatic carbocycles. The van der Waals surface area contributed by atoms with Crippen LogP contribution in [-0.4, -0.2) is 43.7 Å². The van der Waals surface area contributed by atoms with Gasteiger partial charge in [-0.3, -0.25) is 0 Å². The summed E-state index contributed by atoms with van der Waals surface area (Å²) in [4.78, 5) is 8.12. The van der Waals surface area contributed by atoms with Crippen molar-refractivity contribution in [3.05, 3.63) is 70.7 Å². The van der Waals surface area contributed by atoms with E-state index in [-0.39, 0.29) is 0 Å². The second-order valence-corrected chi connectivity index (χ2v) is 7.20. The summed E-state index contributed by atoms with van der Waals surface area (Å²) in [5.74, 6) is 2.78. The number of halogens is 1. The number of ether oxygens (including phenoxy) is 2. The molecule has 0 saturated heterocycles. The fraction of sp³-hybridized carbons (Fsp3) is 0.190. The van der Waals surface area contributed by atoms with Crippen molar-refractivity contribution in [2.45, 2.75) is 13.8 Å². The zero-order valence-corrected chi connectivity index (χ0v) is 19.0. The minimum absolute atomic E-state index is 0.553. The molecule has 9 nitrogen and oxygen atoms in total. The Morgan fingerprint density at radius 3 is 1.81 bits per heavy atom. The lowest BCUT2D eigenvalue weighted by Gasteiger charge is -2.07. The molecule has 4 rings (SSSR count). The third kappa shape index (κ3) is 5.26. The molecule has 0 aliphatic carbocycles. The summed E-state index contributed by atoms with van der Waals surface area (Å²) in [7, 11) is 3.19. The second kappa shape index (κ2) is 9.86. The van der Waals surface area contributed by atoms with Gasteiger partial charge in [-0.2, -0.15) is 15.5 Å². The predicted octanol–water partition coefficient (Wildman–Crippen LogP) is 3.80. The van der Waals surface area contributed by atoms with Crippen LogP contribution >= 0.6 is 15.9 Å². The van der Waals surface area contributed by atoms with Crippen molar-refractivity contribution in [1.82, 2.24) is 29.5 Å². The van der Waals surface area contributed by atoms with Crippen LogP contribution in [0.5, 0.6) is 11.5 Å². The van der Waals surface area contributed by atoms with Crippen LogP contribution in [0.2, 0.25) is 0 Å². The minimum atomic E-state index is 0.553. The van der Waals surface area contributed by atoms with Gasteiger partial charge < -0.3 is 9.47 Å². The Morgan fingerprint density at radius 1 is 0.839 bits per heavy atom. The van der Waals surface area contributed by atoms with Crippen molar-refractivity contribution in [2.24, 2.45) is 0 Å². The van der Waals surface area contributed by atoms with Gasteiger partial charge in [0.05, 0.1) is 25.9 Å². The van der Waals surface area contributed by atoms with Crippen molar-refractivity contribution in [3.63, 3.8) is 0 Å². The first-order valence-corrected chi connectivity index (χ1v) is 9.93. The average molecular weight is 482 g/mol. The third-order valence-electron chi connectivity index (χ3n) is 4.16. The first-order chi connectivity index (χ1) is 14.9. The summed E-state index contributed by atoms with van der Waals surface area (Å²) in [5, 5.41) is 17.2. The molecule has 0 aliphatic heterocycles. The number of methoxy groups -OCH3 is 2. The molecule has 0 bridgehead atoms. The molecule has 10 heteroatoms. The normalized spacial score (nSPS) is 10.1. The van der Waals surface area contributed by atoms with Crippen molar-refractivity contribution in [1.29, 1.82) is 5.26 Å². The maximum Gasteiger partial charge on any atom is 0.147 e. The maximum absolute atomic E-state index is 8.78. The van der Waals surface area contributed by atoms with E-state index in [1.165, 1.54) is 0 Å². The van der Waals surface area contributed by atoms with Gasteiger partial charge in [0.2, 0.25) is 0 Å². The maximum atomic E-state index is 8.78. The quantitative estimate of drug-likeness (QED) is 0.436. The summed E-state index contributed by atoms with van der Waals surface area (Å²) < 4.78 is 14.8. The molecule has 0 unspecified atom stereocenters. The van der Waals surface area contributed by atoms with Crippen LogP contribution in [0.25, 0.3) is 11.4 Å². The predicted molar refractivity (Wildman–Crippen MR) is 118 cm³/mol. The summed E-state index contributed by atoms with van der Waals surface area (Å²) in [5.41, 5.74) is 2.20. The smallest absolute Gasteiger partial charge is 0.147 e. The molecule has 2 heterocycles. The fourth-order valence-electron chi connectivity index (χ4n) is 2.70. The Balaban J connectivity index is 0.000000176. The van der Waals surface area contributed by atoms with Gasteiger partial charge in [-0.05, 0) is 44.2 Å². The molecule has 0 spiro atoms. The van der Waals surface area contributed by atoms with Gasteiger partial charge in [0, 0.05) is 10.5 Å². The van der Waals surface area contributed by atoms with E-state index in [2.05, 4.69) is 42.2 Å². The number of aromatic nitrogens is 6. The summed E-state index contributed by atoms with van der Waals surface area (Å²) in [6.45, 7) is 3.66. The fourth-order valence-corrected chi connectivity index (χ4v) is 3.04. The largest absolute Gasteiger partial charge is 0.494 e. The first-order valence-electron chi connectivity index (χ1n) is 9.14. The Bertz CT molecular complexity index is 1230. The van der Waals surface area contributed by atoms with Gasteiger partial charge in [0.1, 0.15) is 47.2 Å². The van der Waals surface area contributed by atoms with Crippen molar-refractivity contribution in [2.75, 3.05) is 14.2 Å². The molecule has 2 aromatic heterocycles. The van der Waals surface area contributed by atoms with Crippen LogP contribution < -0.4 is 9.47 Å². The summed E-state index contributed by atoms with van der Waals surface area (Å²) in [6.07, 6.45) is 3.28. The molecule has 158 valence electrons. The zero-order chi connectivity index (χ0) is 22.4. The number of hydrogen-bond acceptors (Lipinski definition) is 7. The third-order valence-corrected chi connectivity index (χ3v) is 4.65. The molecule has 0 atom stereocenters. The van der Waals surface area contributed by atoms with Crippen LogP contribution in [-0.2, 0) is 0 Å². The Labute approximate surface area is 188 Å². The number of nitriles is 1. The van der Waals surface area contributed by atoms with Gasteiger partial charge >= 0.3 is 0 Å². The number of hydrogen-bond donors (Lipinski definition) is 0. The topological polar surface area (TPSA) is 104 Å². The van der Waals surface area contributed by atoms with Gasteiger partial charge in [0.15, 0.2) is 0 Å². The highest BCUT2D eigenvalue weighted by molar-refractivity contribution is 9.10. The molecular formula is C21H20BrN7O2. The monoisotopic (exact) mass is 481 g/mol. The lowest BCUT2D eigenvalue weighted by atomic mass is 10.2. The van der Waals surface area contributed by atoms with Gasteiger partial charge in [-0.25, -0.2) is 19.3 Å². The van der Waals surface area contributed by atoms with Gasteiger partial charge in [0.25, 0.3) is 0 Å². The minimum Gasteiger partial charge on any atom is -0.494 e. The van der Waals surface area contributed by atoms with Gasteiger partial charge in [-0.15, -0.1) is 0 Å². The van der Waals surface area contributed by atoms with E-state index in [0.29, 0.717) is 17.1 Å². The molecule has 0 saturated carbocycles. The van der Waals surface area contributed by atoms with E-state index in [1.54, 1.807) is 54.4 Å². The molecule has 0 fully saturated rings. The van der Waals surface area contributed by atoms with Crippen molar-refractivity contribution < 1.29 is 9.47 Å². The lowest BCUT2D eigenvalue weighted by Crippen LogP contribution is -1.99. The molecule has 0 N–H and O–H groups in total. The standard InChI is InChI=1S/C11H10N4O.C10H10BrN3O/c1-8-13-7-15(14-8)10-4-3-9(6-12)5-11(10)16-2;1-7-12-6-14(13-7)9-4-3-8(11)5-10(9)15-2/h3-5,7H,1-2H3;3-6H,1-2H3. The Kier molecular flexibility index (Phi) is 6.99. The van der Waals surface area contributed by atoms with Crippen LogP contribution in [0.3, 0.4) is 0 Å². The van der Waals surface area contributed by atoms with E-state index < -0.39 is 0 Å². The zero-order valence-electron chi connectivity index (χ0n) is 17.4.